The van der Waals surface area contributed by atoms with Gasteiger partial charge in [0.2, 0.25) is 0 Å². The molecule has 1 saturated heterocycles. The van der Waals surface area contributed by atoms with E-state index in [4.69, 9.17) is 0 Å². The van der Waals surface area contributed by atoms with Gasteiger partial charge in [-0.15, -0.1) is 11.3 Å². The normalized spacial score (nSPS) is 18.2. The second-order valence-corrected chi connectivity index (χ2v) is 7.54. The van der Waals surface area contributed by atoms with E-state index in [2.05, 4.69) is 12.0 Å². The van der Waals surface area contributed by atoms with E-state index in [9.17, 15) is 4.79 Å². The quantitative estimate of drug-likeness (QED) is 0.693. The molecule has 1 unspecified atom stereocenters. The van der Waals surface area contributed by atoms with Crippen molar-refractivity contribution in [2.75, 3.05) is 6.54 Å². The van der Waals surface area contributed by atoms with Crippen molar-refractivity contribution < 1.29 is 4.79 Å². The standard InChI is InChI=1S/C19H21N3OS/c1-13-8-6-7-11-21(13)18(23)17-12-16-14(2)20-22(19(16)24-17)15-9-4-3-5-10-15/h3-5,9-10,12-13H,6-8,11H2,1-2H3. The molecule has 4 nitrogen and oxygen atoms in total. The van der Waals surface area contributed by atoms with Crippen LogP contribution in [-0.4, -0.2) is 33.2 Å². The van der Waals surface area contributed by atoms with E-state index in [1.807, 2.05) is 52.9 Å². The number of hydrogen-bond acceptors (Lipinski definition) is 3. The Balaban J connectivity index is 1.75. The summed E-state index contributed by atoms with van der Waals surface area (Å²) in [6, 6.07) is 12.5. The number of carbonyl (C=O) groups excluding carboxylic acids is 1. The third kappa shape index (κ3) is 2.53. The first-order chi connectivity index (χ1) is 11.6. The fourth-order valence-electron chi connectivity index (χ4n) is 3.44. The average Bonchev–Trinajstić information content (AvgIpc) is 3.16. The average molecular weight is 339 g/mol. The van der Waals surface area contributed by atoms with Crippen molar-refractivity contribution >= 4 is 27.5 Å². The van der Waals surface area contributed by atoms with Crippen molar-refractivity contribution in [3.8, 4) is 5.69 Å². The fraction of sp³-hybridized carbons (Fsp3) is 0.368. The van der Waals surface area contributed by atoms with Gasteiger partial charge in [-0.3, -0.25) is 4.79 Å². The van der Waals surface area contributed by atoms with Crippen molar-refractivity contribution in [1.82, 2.24) is 14.7 Å². The minimum atomic E-state index is 0.169. The monoisotopic (exact) mass is 339 g/mol. The van der Waals surface area contributed by atoms with Crippen LogP contribution in [0.15, 0.2) is 36.4 Å². The fourth-order valence-corrected chi connectivity index (χ4v) is 4.58. The molecule has 1 aromatic carbocycles. The zero-order chi connectivity index (χ0) is 16.7. The van der Waals surface area contributed by atoms with Crippen LogP contribution in [0.25, 0.3) is 15.9 Å². The number of aromatic nitrogens is 2. The molecule has 0 radical (unpaired) electrons. The highest BCUT2D eigenvalue weighted by Gasteiger charge is 2.26. The number of rotatable bonds is 2. The minimum absolute atomic E-state index is 0.169. The van der Waals surface area contributed by atoms with Crippen LogP contribution in [0.5, 0.6) is 0 Å². The highest BCUT2D eigenvalue weighted by molar-refractivity contribution is 7.20. The van der Waals surface area contributed by atoms with Crippen molar-refractivity contribution in [2.45, 2.75) is 39.2 Å². The van der Waals surface area contributed by atoms with Crippen LogP contribution in [0.2, 0.25) is 0 Å². The summed E-state index contributed by atoms with van der Waals surface area (Å²) in [4.78, 5) is 16.8. The largest absolute Gasteiger partial charge is 0.335 e. The van der Waals surface area contributed by atoms with Crippen molar-refractivity contribution in [3.05, 3.63) is 47.0 Å². The zero-order valence-electron chi connectivity index (χ0n) is 14.0. The summed E-state index contributed by atoms with van der Waals surface area (Å²) < 4.78 is 1.95. The Bertz CT molecular complexity index is 881. The molecule has 0 aliphatic carbocycles. The van der Waals surface area contributed by atoms with E-state index in [-0.39, 0.29) is 5.91 Å². The van der Waals surface area contributed by atoms with E-state index < -0.39 is 0 Å². The number of benzene rings is 1. The molecule has 2 aromatic heterocycles. The molecule has 1 atom stereocenters. The molecule has 1 amide bonds. The molecule has 24 heavy (non-hydrogen) atoms. The van der Waals surface area contributed by atoms with Gasteiger partial charge in [0, 0.05) is 18.0 Å². The molecular weight excluding hydrogens is 318 g/mol. The van der Waals surface area contributed by atoms with Gasteiger partial charge in [-0.1, -0.05) is 18.2 Å². The molecule has 0 N–H and O–H groups in total. The van der Waals surface area contributed by atoms with Crippen LogP contribution in [0.4, 0.5) is 0 Å². The summed E-state index contributed by atoms with van der Waals surface area (Å²) in [5.74, 6) is 0.169. The first-order valence-corrected chi connectivity index (χ1v) is 9.32. The van der Waals surface area contributed by atoms with Crippen LogP contribution < -0.4 is 0 Å². The van der Waals surface area contributed by atoms with E-state index in [1.54, 1.807) is 11.3 Å². The number of nitrogens with zero attached hydrogens (tertiary/aromatic N) is 3. The van der Waals surface area contributed by atoms with Gasteiger partial charge in [0.15, 0.2) is 0 Å². The van der Waals surface area contributed by atoms with Gasteiger partial charge in [0.25, 0.3) is 5.91 Å². The van der Waals surface area contributed by atoms with Crippen molar-refractivity contribution in [2.24, 2.45) is 0 Å². The van der Waals surface area contributed by atoms with E-state index in [1.165, 1.54) is 6.42 Å². The maximum atomic E-state index is 12.9. The van der Waals surface area contributed by atoms with Crippen molar-refractivity contribution in [1.29, 1.82) is 0 Å². The number of hydrogen-bond donors (Lipinski definition) is 0. The molecule has 124 valence electrons. The Labute approximate surface area is 145 Å². The van der Waals surface area contributed by atoms with Gasteiger partial charge in [0.05, 0.1) is 16.3 Å². The summed E-state index contributed by atoms with van der Waals surface area (Å²) in [5, 5.41) is 5.73. The van der Waals surface area contributed by atoms with Gasteiger partial charge < -0.3 is 4.90 Å². The number of carbonyl (C=O) groups is 1. The SMILES string of the molecule is Cc1nn(-c2ccccc2)c2sc(C(=O)N3CCCCC3C)cc12. The maximum Gasteiger partial charge on any atom is 0.264 e. The zero-order valence-corrected chi connectivity index (χ0v) is 14.8. The lowest BCUT2D eigenvalue weighted by Gasteiger charge is -2.33. The Kier molecular flexibility index (Phi) is 3.88. The molecule has 1 aliphatic rings. The lowest BCUT2D eigenvalue weighted by atomic mass is 10.0. The molecule has 0 saturated carbocycles. The van der Waals surface area contributed by atoms with E-state index in [0.717, 1.165) is 45.9 Å². The van der Waals surface area contributed by atoms with Crippen LogP contribution in [0.1, 0.15) is 41.6 Å². The molecule has 3 aromatic rings. The Morgan fingerprint density at radius 2 is 2.04 bits per heavy atom. The summed E-state index contributed by atoms with van der Waals surface area (Å²) in [6.45, 7) is 5.03. The Hall–Kier alpha value is -2.14. The number of para-hydroxylation sites is 1. The lowest BCUT2D eigenvalue weighted by molar-refractivity contribution is 0.0641. The summed E-state index contributed by atoms with van der Waals surface area (Å²) in [6.07, 6.45) is 3.44. The molecule has 1 aliphatic heterocycles. The summed E-state index contributed by atoms with van der Waals surface area (Å²) in [7, 11) is 0. The molecule has 3 heterocycles. The number of amides is 1. The van der Waals surface area contributed by atoms with Crippen LogP contribution in [0.3, 0.4) is 0 Å². The van der Waals surface area contributed by atoms with E-state index in [0.29, 0.717) is 6.04 Å². The molecule has 5 heteroatoms. The van der Waals surface area contributed by atoms with Gasteiger partial charge in [0.1, 0.15) is 4.83 Å². The predicted octanol–water partition coefficient (Wildman–Crippen LogP) is 4.41. The Morgan fingerprint density at radius 3 is 2.79 bits per heavy atom. The topological polar surface area (TPSA) is 38.1 Å². The number of piperidine rings is 1. The van der Waals surface area contributed by atoms with Gasteiger partial charge in [-0.25, -0.2) is 4.68 Å². The minimum Gasteiger partial charge on any atom is -0.335 e. The maximum absolute atomic E-state index is 12.9. The van der Waals surface area contributed by atoms with E-state index >= 15 is 0 Å². The third-order valence-corrected chi connectivity index (χ3v) is 5.92. The van der Waals surface area contributed by atoms with Crippen LogP contribution in [0, 0.1) is 6.92 Å². The molecular formula is C19H21N3OS. The number of fused-ring (bicyclic) bond motifs is 1. The molecule has 1 fully saturated rings. The van der Waals surface area contributed by atoms with Crippen LogP contribution >= 0.6 is 11.3 Å². The van der Waals surface area contributed by atoms with Gasteiger partial charge >= 0.3 is 0 Å². The van der Waals surface area contributed by atoms with Crippen molar-refractivity contribution in [3.63, 3.8) is 0 Å². The number of likely N-dealkylation sites (tertiary alicyclic amines) is 1. The first kappa shape index (κ1) is 15.4. The number of aryl methyl sites for hydroxylation is 1. The summed E-state index contributed by atoms with van der Waals surface area (Å²) >= 11 is 1.55. The van der Waals surface area contributed by atoms with Gasteiger partial charge in [-0.05, 0) is 51.3 Å². The summed E-state index contributed by atoms with van der Waals surface area (Å²) in [5.41, 5.74) is 2.00. The first-order valence-electron chi connectivity index (χ1n) is 8.50. The lowest BCUT2D eigenvalue weighted by Crippen LogP contribution is -2.41. The molecule has 4 rings (SSSR count). The Morgan fingerprint density at radius 1 is 1.25 bits per heavy atom. The highest BCUT2D eigenvalue weighted by Crippen LogP contribution is 2.32. The number of thiophene rings is 1. The predicted molar refractivity (Wildman–Crippen MR) is 98.0 cm³/mol. The smallest absolute Gasteiger partial charge is 0.264 e. The third-order valence-electron chi connectivity index (χ3n) is 4.82. The second-order valence-electron chi connectivity index (χ2n) is 6.51. The molecule has 0 bridgehead atoms. The van der Waals surface area contributed by atoms with Crippen LogP contribution in [-0.2, 0) is 0 Å². The second kappa shape index (κ2) is 6.06. The highest BCUT2D eigenvalue weighted by atomic mass is 32.1. The van der Waals surface area contributed by atoms with Gasteiger partial charge in [-0.2, -0.15) is 5.10 Å². The molecule has 0 spiro atoms.